The summed E-state index contributed by atoms with van der Waals surface area (Å²) in [6.07, 6.45) is 4.61. The molecule has 2 fully saturated rings. The van der Waals surface area contributed by atoms with Crippen LogP contribution in [0, 0.1) is 5.92 Å². The molecule has 0 N–H and O–H groups in total. The number of hydrogen-bond acceptors (Lipinski definition) is 1. The van der Waals surface area contributed by atoms with Crippen LogP contribution in [-0.4, -0.2) is 11.0 Å². The van der Waals surface area contributed by atoms with E-state index in [-0.39, 0.29) is 0 Å². The highest BCUT2D eigenvalue weighted by Gasteiger charge is 2.31. The van der Waals surface area contributed by atoms with E-state index in [1.807, 2.05) is 0 Å². The Balaban J connectivity index is 2.12. The normalized spacial score (nSPS) is 48.0. The van der Waals surface area contributed by atoms with Gasteiger partial charge in [-0.2, -0.15) is 11.8 Å². The highest BCUT2D eigenvalue weighted by atomic mass is 32.2. The van der Waals surface area contributed by atoms with Gasteiger partial charge in [-0.3, -0.25) is 0 Å². The molecule has 1 heterocycles. The van der Waals surface area contributed by atoms with Crippen molar-refractivity contribution in [3.8, 4) is 0 Å². The fourth-order valence-corrected chi connectivity index (χ4v) is 3.16. The quantitative estimate of drug-likeness (QED) is 0.463. The monoisotopic (exact) mass is 114 g/mol. The van der Waals surface area contributed by atoms with Crippen LogP contribution < -0.4 is 0 Å². The maximum absolute atomic E-state index is 2.19. The topological polar surface area (TPSA) is 0 Å². The Kier molecular flexibility index (Phi) is 0.857. The molecule has 1 aliphatic carbocycles. The van der Waals surface area contributed by atoms with Crippen LogP contribution in [0.2, 0.25) is 0 Å². The van der Waals surface area contributed by atoms with Crippen molar-refractivity contribution in [1.29, 1.82) is 0 Å². The third-order valence-corrected chi connectivity index (χ3v) is 3.62. The first-order valence-electron chi connectivity index (χ1n) is 3.07. The zero-order valence-corrected chi connectivity index (χ0v) is 5.21. The maximum atomic E-state index is 2.19. The fourth-order valence-electron chi connectivity index (χ4n) is 1.60. The maximum Gasteiger partial charge on any atom is 0.00501 e. The standard InChI is InChI=1S/C6H10S/c1-2-6-3-5(1)4-7-6/h5-6H,1-4H2/t5-,6+/m0/s1. The van der Waals surface area contributed by atoms with Crippen molar-refractivity contribution in [1.82, 2.24) is 0 Å². The second kappa shape index (κ2) is 1.41. The van der Waals surface area contributed by atoms with Crippen molar-refractivity contribution in [3.05, 3.63) is 0 Å². The predicted octanol–water partition coefficient (Wildman–Crippen LogP) is 1.90. The first-order chi connectivity index (χ1) is 3.45. The zero-order chi connectivity index (χ0) is 4.69. The Bertz CT molecular complexity index is 62.2. The minimum absolute atomic E-state index is 1.09. The average Bonchev–Trinajstić information content (AvgIpc) is 2.22. The second-order valence-corrected chi connectivity index (χ2v) is 3.97. The van der Waals surface area contributed by atoms with Crippen molar-refractivity contribution in [3.63, 3.8) is 0 Å². The Morgan fingerprint density at radius 3 is 2.43 bits per heavy atom. The minimum Gasteiger partial charge on any atom is -0.158 e. The molecule has 0 spiro atoms. The lowest BCUT2D eigenvalue weighted by Gasteiger charge is -2.05. The van der Waals surface area contributed by atoms with Crippen LogP contribution in [0.1, 0.15) is 19.3 Å². The molecule has 0 amide bonds. The van der Waals surface area contributed by atoms with Gasteiger partial charge in [0.2, 0.25) is 0 Å². The van der Waals surface area contributed by atoms with Gasteiger partial charge in [0.05, 0.1) is 0 Å². The highest BCUT2D eigenvalue weighted by Crippen LogP contribution is 2.43. The van der Waals surface area contributed by atoms with Crippen LogP contribution in [0.4, 0.5) is 0 Å². The summed E-state index contributed by atoms with van der Waals surface area (Å²) in [5.41, 5.74) is 0. The molecule has 1 heteroatoms. The Labute approximate surface area is 48.7 Å². The Morgan fingerprint density at radius 1 is 1.29 bits per heavy atom. The van der Waals surface area contributed by atoms with E-state index in [9.17, 15) is 0 Å². The van der Waals surface area contributed by atoms with E-state index in [0.29, 0.717) is 0 Å². The van der Waals surface area contributed by atoms with E-state index in [2.05, 4.69) is 11.8 Å². The van der Waals surface area contributed by atoms with Gasteiger partial charge in [-0.25, -0.2) is 0 Å². The summed E-state index contributed by atoms with van der Waals surface area (Å²) in [6.45, 7) is 0. The number of fused-ring (bicyclic) bond motifs is 2. The third-order valence-electron chi connectivity index (χ3n) is 2.06. The number of thioether (sulfide) groups is 1. The average molecular weight is 114 g/mol. The lowest BCUT2D eigenvalue weighted by Crippen LogP contribution is -1.94. The predicted molar refractivity (Wildman–Crippen MR) is 33.6 cm³/mol. The summed E-state index contributed by atoms with van der Waals surface area (Å²) < 4.78 is 0. The zero-order valence-electron chi connectivity index (χ0n) is 4.39. The van der Waals surface area contributed by atoms with Gasteiger partial charge in [-0.15, -0.1) is 0 Å². The van der Waals surface area contributed by atoms with Crippen molar-refractivity contribution in [2.75, 3.05) is 5.75 Å². The fraction of sp³-hybridized carbons (Fsp3) is 1.00. The summed E-state index contributed by atoms with van der Waals surface area (Å²) in [7, 11) is 0. The molecule has 40 valence electrons. The van der Waals surface area contributed by atoms with Gasteiger partial charge in [0.15, 0.2) is 0 Å². The summed E-state index contributed by atoms with van der Waals surface area (Å²) in [5, 5.41) is 1.09. The van der Waals surface area contributed by atoms with Gasteiger partial charge in [0, 0.05) is 5.25 Å². The van der Waals surface area contributed by atoms with E-state index in [0.717, 1.165) is 11.2 Å². The van der Waals surface area contributed by atoms with E-state index >= 15 is 0 Å². The van der Waals surface area contributed by atoms with Crippen LogP contribution in [0.5, 0.6) is 0 Å². The van der Waals surface area contributed by atoms with Crippen LogP contribution in [-0.2, 0) is 0 Å². The molecule has 2 rings (SSSR count). The molecule has 2 aliphatic rings. The molecule has 0 nitrogen and oxygen atoms in total. The molecule has 1 saturated carbocycles. The lowest BCUT2D eigenvalue weighted by molar-refractivity contribution is 0.636. The van der Waals surface area contributed by atoms with E-state index in [1.165, 1.54) is 18.6 Å². The Morgan fingerprint density at radius 2 is 2.29 bits per heavy atom. The SMILES string of the molecule is C1C[C@@H]2C[C@H]1CS2. The van der Waals surface area contributed by atoms with Gasteiger partial charge in [-0.05, 0) is 30.9 Å². The summed E-state index contributed by atoms with van der Waals surface area (Å²) in [4.78, 5) is 0. The van der Waals surface area contributed by atoms with Gasteiger partial charge in [-0.1, -0.05) is 0 Å². The van der Waals surface area contributed by atoms with Crippen LogP contribution in [0.25, 0.3) is 0 Å². The molecule has 0 unspecified atom stereocenters. The van der Waals surface area contributed by atoms with E-state index in [1.54, 1.807) is 6.42 Å². The number of hydrogen-bond donors (Lipinski definition) is 0. The lowest BCUT2D eigenvalue weighted by atomic mass is 10.1. The second-order valence-electron chi connectivity index (χ2n) is 2.63. The van der Waals surface area contributed by atoms with E-state index in [4.69, 9.17) is 0 Å². The van der Waals surface area contributed by atoms with Gasteiger partial charge >= 0.3 is 0 Å². The largest absolute Gasteiger partial charge is 0.158 e. The molecule has 2 atom stereocenters. The summed E-state index contributed by atoms with van der Waals surface area (Å²) >= 11 is 2.19. The molecule has 0 aromatic heterocycles. The minimum atomic E-state index is 1.09. The molecule has 1 saturated heterocycles. The summed E-state index contributed by atoms with van der Waals surface area (Å²) in [5.74, 6) is 2.61. The van der Waals surface area contributed by atoms with Crippen molar-refractivity contribution >= 4 is 11.8 Å². The third kappa shape index (κ3) is 0.584. The molecule has 2 bridgehead atoms. The van der Waals surface area contributed by atoms with E-state index < -0.39 is 0 Å². The molecule has 0 aromatic carbocycles. The van der Waals surface area contributed by atoms with Gasteiger partial charge in [0.25, 0.3) is 0 Å². The molecule has 0 aromatic rings. The highest BCUT2D eigenvalue weighted by molar-refractivity contribution is 8.00. The van der Waals surface area contributed by atoms with Crippen LogP contribution in [0.15, 0.2) is 0 Å². The molecule has 0 radical (unpaired) electrons. The van der Waals surface area contributed by atoms with Gasteiger partial charge < -0.3 is 0 Å². The van der Waals surface area contributed by atoms with Crippen LogP contribution >= 0.6 is 11.8 Å². The molecule has 7 heavy (non-hydrogen) atoms. The first kappa shape index (κ1) is 4.25. The molecular weight excluding hydrogens is 104 g/mol. The van der Waals surface area contributed by atoms with Crippen molar-refractivity contribution in [2.45, 2.75) is 24.5 Å². The van der Waals surface area contributed by atoms with Gasteiger partial charge in [0.1, 0.15) is 0 Å². The van der Waals surface area contributed by atoms with Crippen molar-refractivity contribution < 1.29 is 0 Å². The Hall–Kier alpha value is 0.350. The smallest absolute Gasteiger partial charge is 0.00501 e. The summed E-state index contributed by atoms with van der Waals surface area (Å²) in [6, 6.07) is 0. The molecular formula is C6H10S. The van der Waals surface area contributed by atoms with Crippen LogP contribution in [0.3, 0.4) is 0 Å². The first-order valence-corrected chi connectivity index (χ1v) is 4.11. The number of rotatable bonds is 0. The molecule has 1 aliphatic heterocycles. The van der Waals surface area contributed by atoms with Crippen molar-refractivity contribution in [2.24, 2.45) is 5.92 Å².